The van der Waals surface area contributed by atoms with E-state index in [1.807, 2.05) is 30.3 Å². The molecule has 1 rings (SSSR count). The second kappa shape index (κ2) is 5.71. The van der Waals surface area contributed by atoms with Crippen LogP contribution in [0.25, 0.3) is 0 Å². The Morgan fingerprint density at radius 1 is 1.27 bits per heavy atom. The van der Waals surface area contributed by atoms with Crippen LogP contribution >= 0.6 is 12.6 Å². The highest BCUT2D eigenvalue weighted by Crippen LogP contribution is 2.15. The summed E-state index contributed by atoms with van der Waals surface area (Å²) >= 11 is 3.81. The summed E-state index contributed by atoms with van der Waals surface area (Å²) in [7, 11) is 0. The molecule has 0 saturated heterocycles. The van der Waals surface area contributed by atoms with Crippen LogP contribution in [0.15, 0.2) is 30.3 Å². The van der Waals surface area contributed by atoms with E-state index >= 15 is 0 Å². The van der Waals surface area contributed by atoms with Crippen LogP contribution in [0.3, 0.4) is 0 Å². The Morgan fingerprint density at radius 3 is 2.33 bits per heavy atom. The van der Waals surface area contributed by atoms with Crippen molar-refractivity contribution in [3.05, 3.63) is 35.9 Å². The Balaban J connectivity index is 2.67. The monoisotopic (exact) mass is 222 g/mol. The van der Waals surface area contributed by atoms with Gasteiger partial charge in [0, 0.05) is 12.3 Å². The van der Waals surface area contributed by atoms with Gasteiger partial charge in [-0.3, -0.25) is 4.79 Å². The van der Waals surface area contributed by atoms with Crippen molar-refractivity contribution in [3.63, 3.8) is 0 Å². The highest BCUT2D eigenvalue weighted by Gasteiger charge is 2.17. The third kappa shape index (κ3) is 4.30. The highest BCUT2D eigenvalue weighted by molar-refractivity contribution is 7.96. The second-order valence-electron chi connectivity index (χ2n) is 3.63. The lowest BCUT2D eigenvalue weighted by Gasteiger charge is -2.10. The van der Waals surface area contributed by atoms with Crippen molar-refractivity contribution in [2.45, 2.75) is 19.8 Å². The van der Waals surface area contributed by atoms with E-state index < -0.39 is 0 Å². The molecule has 0 heterocycles. The van der Waals surface area contributed by atoms with Gasteiger partial charge in [0.2, 0.25) is 0 Å². The predicted molar refractivity (Wildman–Crippen MR) is 62.9 cm³/mol. The molecule has 1 aromatic rings. The lowest BCUT2D eigenvalue weighted by atomic mass is 9.96. The number of Topliss-reactive ketones (excluding diaryl/α,β-unsaturated/α-hetero) is 1. The lowest BCUT2D eigenvalue weighted by molar-refractivity contribution is -0.122. The minimum Gasteiger partial charge on any atom is -0.300 e. The van der Waals surface area contributed by atoms with Crippen molar-refractivity contribution in [2.24, 2.45) is 5.92 Å². The molecule has 0 fully saturated rings. The van der Waals surface area contributed by atoms with Crippen molar-refractivity contribution < 1.29 is 9.59 Å². The second-order valence-corrected chi connectivity index (χ2v) is 4.07. The van der Waals surface area contributed by atoms with Crippen molar-refractivity contribution in [2.75, 3.05) is 0 Å². The molecular weight excluding hydrogens is 208 g/mol. The van der Waals surface area contributed by atoms with Gasteiger partial charge in [0.25, 0.3) is 0 Å². The van der Waals surface area contributed by atoms with Crippen molar-refractivity contribution in [1.82, 2.24) is 0 Å². The van der Waals surface area contributed by atoms with Crippen LogP contribution in [0.2, 0.25) is 0 Å². The molecule has 0 amide bonds. The molecule has 15 heavy (non-hydrogen) atoms. The maximum atomic E-state index is 11.2. The van der Waals surface area contributed by atoms with Crippen LogP contribution in [0, 0.1) is 5.92 Å². The smallest absolute Gasteiger partial charge is 0.189 e. The maximum absolute atomic E-state index is 11.2. The van der Waals surface area contributed by atoms with Crippen LogP contribution in [-0.2, 0) is 16.0 Å². The van der Waals surface area contributed by atoms with Crippen LogP contribution in [0.1, 0.15) is 18.9 Å². The normalized spacial score (nSPS) is 12.1. The van der Waals surface area contributed by atoms with Crippen LogP contribution in [0.4, 0.5) is 0 Å². The van der Waals surface area contributed by atoms with Crippen LogP contribution in [-0.4, -0.2) is 10.9 Å². The van der Waals surface area contributed by atoms with Crippen LogP contribution in [0.5, 0.6) is 0 Å². The molecule has 0 spiro atoms. The van der Waals surface area contributed by atoms with Gasteiger partial charge >= 0.3 is 0 Å². The van der Waals surface area contributed by atoms with Crippen molar-refractivity contribution in [3.8, 4) is 0 Å². The van der Waals surface area contributed by atoms with Crippen molar-refractivity contribution >= 4 is 23.5 Å². The van der Waals surface area contributed by atoms with E-state index in [-0.39, 0.29) is 23.2 Å². The SMILES string of the molecule is CC(=O)CC(Cc1ccccc1)C(=O)S. The van der Waals surface area contributed by atoms with Gasteiger partial charge in [-0.15, -0.1) is 12.6 Å². The minimum absolute atomic E-state index is 0.0262. The number of hydrogen-bond acceptors (Lipinski definition) is 2. The van der Waals surface area contributed by atoms with Crippen LogP contribution < -0.4 is 0 Å². The quantitative estimate of drug-likeness (QED) is 0.775. The molecule has 0 aliphatic heterocycles. The summed E-state index contributed by atoms with van der Waals surface area (Å²) < 4.78 is 0. The van der Waals surface area contributed by atoms with Gasteiger partial charge in [0.05, 0.1) is 0 Å². The van der Waals surface area contributed by atoms with Gasteiger partial charge in [-0.1, -0.05) is 30.3 Å². The predicted octanol–water partition coefficient (Wildman–Crippen LogP) is 2.28. The van der Waals surface area contributed by atoms with E-state index in [1.54, 1.807) is 0 Å². The van der Waals surface area contributed by atoms with Gasteiger partial charge in [0.1, 0.15) is 5.78 Å². The van der Waals surface area contributed by atoms with Gasteiger partial charge < -0.3 is 4.79 Å². The first-order valence-corrected chi connectivity index (χ1v) is 5.30. The Labute approximate surface area is 95.1 Å². The van der Waals surface area contributed by atoms with E-state index in [9.17, 15) is 9.59 Å². The van der Waals surface area contributed by atoms with Crippen molar-refractivity contribution in [1.29, 1.82) is 0 Å². The van der Waals surface area contributed by atoms with E-state index in [2.05, 4.69) is 12.6 Å². The third-order valence-electron chi connectivity index (χ3n) is 2.21. The minimum atomic E-state index is -0.298. The molecule has 0 radical (unpaired) electrons. The van der Waals surface area contributed by atoms with Gasteiger partial charge in [-0.2, -0.15) is 0 Å². The zero-order valence-electron chi connectivity index (χ0n) is 8.64. The average molecular weight is 222 g/mol. The number of carbonyl (C=O) groups excluding carboxylic acids is 2. The Kier molecular flexibility index (Phi) is 4.56. The number of hydrogen-bond donors (Lipinski definition) is 1. The third-order valence-corrected chi connectivity index (χ3v) is 2.57. The number of carbonyl (C=O) groups is 2. The fourth-order valence-corrected chi connectivity index (χ4v) is 1.67. The lowest BCUT2D eigenvalue weighted by Crippen LogP contribution is -2.15. The maximum Gasteiger partial charge on any atom is 0.189 e. The summed E-state index contributed by atoms with van der Waals surface area (Å²) in [5.74, 6) is -0.272. The zero-order valence-corrected chi connectivity index (χ0v) is 9.54. The van der Waals surface area contributed by atoms with E-state index in [0.717, 1.165) is 5.56 Å². The fraction of sp³-hybridized carbons (Fsp3) is 0.333. The molecule has 1 aromatic carbocycles. The first-order chi connectivity index (χ1) is 7.09. The molecule has 3 heteroatoms. The first-order valence-electron chi connectivity index (χ1n) is 4.85. The summed E-state index contributed by atoms with van der Waals surface area (Å²) in [6.07, 6.45) is 0.861. The molecule has 1 atom stereocenters. The summed E-state index contributed by atoms with van der Waals surface area (Å²) in [4.78, 5) is 22.2. The zero-order chi connectivity index (χ0) is 11.3. The summed E-state index contributed by atoms with van der Waals surface area (Å²) in [5, 5.41) is -0.214. The van der Waals surface area contributed by atoms with Gasteiger partial charge in [-0.25, -0.2) is 0 Å². The van der Waals surface area contributed by atoms with E-state index in [1.165, 1.54) is 6.92 Å². The number of thiol groups is 1. The highest BCUT2D eigenvalue weighted by atomic mass is 32.1. The Bertz CT molecular complexity index is 346. The standard InChI is InChI=1S/C12H14O2S/c1-9(13)7-11(12(14)15)8-10-5-3-2-4-6-10/h2-6,11H,7-8H2,1H3,(H,14,15). The molecule has 0 bridgehead atoms. The number of benzene rings is 1. The Morgan fingerprint density at radius 2 is 1.87 bits per heavy atom. The molecule has 0 aromatic heterocycles. The molecule has 2 nitrogen and oxygen atoms in total. The number of ketones is 1. The Hall–Kier alpha value is -1.09. The number of rotatable bonds is 5. The first kappa shape index (κ1) is 12.0. The average Bonchev–Trinajstić information content (AvgIpc) is 2.17. The molecule has 1 unspecified atom stereocenters. The van der Waals surface area contributed by atoms with Gasteiger partial charge in [-0.05, 0) is 18.9 Å². The largest absolute Gasteiger partial charge is 0.300 e. The summed E-state index contributed by atoms with van der Waals surface area (Å²) in [6, 6.07) is 9.66. The molecular formula is C12H14O2S. The van der Waals surface area contributed by atoms with E-state index in [0.29, 0.717) is 6.42 Å². The topological polar surface area (TPSA) is 34.1 Å². The molecule has 80 valence electrons. The fourth-order valence-electron chi connectivity index (χ4n) is 1.49. The van der Waals surface area contributed by atoms with Gasteiger partial charge in [0.15, 0.2) is 5.12 Å². The summed E-state index contributed by atoms with van der Waals surface area (Å²) in [5.41, 5.74) is 1.06. The molecule has 0 saturated carbocycles. The summed E-state index contributed by atoms with van der Waals surface area (Å²) in [6.45, 7) is 1.49. The van der Waals surface area contributed by atoms with E-state index in [4.69, 9.17) is 0 Å². The molecule has 0 aliphatic rings. The molecule has 0 aliphatic carbocycles. The molecule has 0 N–H and O–H groups in total.